The van der Waals surface area contributed by atoms with Gasteiger partial charge in [-0.2, -0.15) is 0 Å². The summed E-state index contributed by atoms with van der Waals surface area (Å²) in [5.74, 6) is 0.788. The van der Waals surface area contributed by atoms with Gasteiger partial charge >= 0.3 is 0 Å². The van der Waals surface area contributed by atoms with E-state index in [9.17, 15) is 10.1 Å². The molecule has 7 heteroatoms. The number of nitro benzene ring substituents is 1. The summed E-state index contributed by atoms with van der Waals surface area (Å²) in [4.78, 5) is 11.9. The summed E-state index contributed by atoms with van der Waals surface area (Å²) in [6.45, 7) is 2.54. The average molecular weight is 308 g/mol. The molecule has 1 N–H and O–H groups in total. The van der Waals surface area contributed by atoms with Crippen LogP contribution in [0.1, 0.15) is 10.4 Å². The second-order valence-electron chi connectivity index (χ2n) is 4.36. The van der Waals surface area contributed by atoms with Crippen LogP contribution in [0.3, 0.4) is 0 Å². The molecule has 112 valence electrons. The van der Waals surface area contributed by atoms with Gasteiger partial charge in [0.2, 0.25) is 0 Å². The highest BCUT2D eigenvalue weighted by Crippen LogP contribution is 2.37. The van der Waals surface area contributed by atoms with Crippen molar-refractivity contribution in [2.24, 2.45) is 0 Å². The van der Waals surface area contributed by atoms with Crippen molar-refractivity contribution < 1.29 is 14.4 Å². The fourth-order valence-electron chi connectivity index (χ4n) is 1.92. The van der Waals surface area contributed by atoms with Gasteiger partial charge < -0.3 is 14.8 Å². The van der Waals surface area contributed by atoms with E-state index in [2.05, 4.69) is 5.32 Å². The summed E-state index contributed by atoms with van der Waals surface area (Å²) in [6, 6.07) is 4.97. The monoisotopic (exact) mass is 308 g/mol. The molecule has 0 amide bonds. The number of hydrogen-bond acceptors (Lipinski definition) is 6. The van der Waals surface area contributed by atoms with E-state index in [1.54, 1.807) is 17.4 Å². The van der Waals surface area contributed by atoms with Crippen molar-refractivity contribution in [2.75, 3.05) is 19.5 Å². The van der Waals surface area contributed by atoms with Gasteiger partial charge in [0, 0.05) is 17.5 Å². The molecule has 1 aromatic heterocycles. The molecule has 0 atom stereocenters. The highest BCUT2D eigenvalue weighted by molar-refractivity contribution is 7.10. The molecule has 21 heavy (non-hydrogen) atoms. The predicted octanol–water partition coefficient (Wildman–Crippen LogP) is 3.59. The first-order valence-corrected chi connectivity index (χ1v) is 7.12. The van der Waals surface area contributed by atoms with Crippen molar-refractivity contribution in [1.29, 1.82) is 0 Å². The maximum atomic E-state index is 11.2. The van der Waals surface area contributed by atoms with Crippen LogP contribution in [0.2, 0.25) is 0 Å². The quantitative estimate of drug-likeness (QED) is 0.652. The van der Waals surface area contributed by atoms with Crippen LogP contribution in [0, 0.1) is 17.0 Å². The number of aryl methyl sites for hydroxylation is 1. The lowest BCUT2D eigenvalue weighted by atomic mass is 10.2. The smallest absolute Gasteiger partial charge is 0.296 e. The van der Waals surface area contributed by atoms with Gasteiger partial charge in [0.25, 0.3) is 5.69 Å². The number of nitro groups is 1. The molecule has 0 fully saturated rings. The Hall–Kier alpha value is -2.28. The molecular formula is C14H16N2O4S. The van der Waals surface area contributed by atoms with Gasteiger partial charge in [0.05, 0.1) is 25.2 Å². The van der Waals surface area contributed by atoms with Crippen molar-refractivity contribution in [3.8, 4) is 11.5 Å². The van der Waals surface area contributed by atoms with Crippen molar-refractivity contribution >= 4 is 22.7 Å². The first-order valence-electron chi connectivity index (χ1n) is 6.24. The van der Waals surface area contributed by atoms with Gasteiger partial charge in [-0.05, 0) is 23.9 Å². The normalized spacial score (nSPS) is 10.2. The van der Waals surface area contributed by atoms with Crippen LogP contribution in [0.5, 0.6) is 11.5 Å². The number of nitrogens with zero attached hydrogens (tertiary/aromatic N) is 1. The number of ether oxygens (including phenoxy) is 2. The fraction of sp³-hybridized carbons (Fsp3) is 0.286. The number of thiophene rings is 1. The van der Waals surface area contributed by atoms with Crippen molar-refractivity contribution in [3.63, 3.8) is 0 Å². The SMILES string of the molecule is COc1cc(NCc2sccc2C)c([N+](=O)[O-])cc1OC. The van der Waals surface area contributed by atoms with E-state index in [0.717, 1.165) is 10.4 Å². The van der Waals surface area contributed by atoms with E-state index in [1.165, 1.54) is 20.3 Å². The second kappa shape index (κ2) is 6.45. The third-order valence-corrected chi connectivity index (χ3v) is 4.13. The van der Waals surface area contributed by atoms with Crippen LogP contribution in [-0.2, 0) is 6.54 Å². The Labute approximate surface area is 126 Å². The van der Waals surface area contributed by atoms with Gasteiger partial charge in [0.15, 0.2) is 11.5 Å². The lowest BCUT2D eigenvalue weighted by Gasteiger charge is -2.12. The third kappa shape index (κ3) is 3.25. The van der Waals surface area contributed by atoms with E-state index in [0.29, 0.717) is 23.7 Å². The molecule has 0 bridgehead atoms. The maximum Gasteiger partial charge on any atom is 0.296 e. The molecule has 2 rings (SSSR count). The maximum absolute atomic E-state index is 11.2. The molecule has 0 radical (unpaired) electrons. The van der Waals surface area contributed by atoms with Gasteiger partial charge in [-0.25, -0.2) is 0 Å². The van der Waals surface area contributed by atoms with Gasteiger partial charge in [-0.3, -0.25) is 10.1 Å². The Morgan fingerprint density at radius 3 is 2.48 bits per heavy atom. The summed E-state index contributed by atoms with van der Waals surface area (Å²) in [6.07, 6.45) is 0. The van der Waals surface area contributed by atoms with Crippen LogP contribution in [0.25, 0.3) is 0 Å². The van der Waals surface area contributed by atoms with Crippen molar-refractivity contribution in [3.05, 3.63) is 44.1 Å². The van der Waals surface area contributed by atoms with Crippen LogP contribution in [0.4, 0.5) is 11.4 Å². The number of benzene rings is 1. The molecule has 1 aromatic carbocycles. The van der Waals surface area contributed by atoms with Crippen LogP contribution >= 0.6 is 11.3 Å². The van der Waals surface area contributed by atoms with Crippen LogP contribution in [0.15, 0.2) is 23.6 Å². The van der Waals surface area contributed by atoms with Gasteiger partial charge in [-0.1, -0.05) is 0 Å². The summed E-state index contributed by atoms with van der Waals surface area (Å²) in [5, 5.41) is 16.3. The molecule has 0 saturated carbocycles. The largest absolute Gasteiger partial charge is 0.493 e. The Morgan fingerprint density at radius 1 is 1.29 bits per heavy atom. The minimum Gasteiger partial charge on any atom is -0.493 e. The second-order valence-corrected chi connectivity index (χ2v) is 5.36. The van der Waals surface area contributed by atoms with Crippen LogP contribution < -0.4 is 14.8 Å². The van der Waals surface area contributed by atoms with E-state index in [4.69, 9.17) is 9.47 Å². The molecule has 0 unspecified atom stereocenters. The first-order chi connectivity index (χ1) is 10.1. The third-order valence-electron chi connectivity index (χ3n) is 3.11. The Balaban J connectivity index is 2.32. The summed E-state index contributed by atoms with van der Waals surface area (Å²) < 4.78 is 10.3. The van der Waals surface area contributed by atoms with E-state index in [-0.39, 0.29) is 5.69 Å². The van der Waals surface area contributed by atoms with Crippen LogP contribution in [-0.4, -0.2) is 19.1 Å². The van der Waals surface area contributed by atoms with E-state index in [1.807, 2.05) is 18.4 Å². The molecule has 0 aliphatic carbocycles. The summed E-state index contributed by atoms with van der Waals surface area (Å²) in [5.41, 5.74) is 1.53. The van der Waals surface area contributed by atoms with Crippen molar-refractivity contribution in [1.82, 2.24) is 0 Å². The zero-order valence-electron chi connectivity index (χ0n) is 12.0. The molecule has 2 aromatic rings. The number of anilines is 1. The van der Waals surface area contributed by atoms with Gasteiger partial charge in [0.1, 0.15) is 5.69 Å². The topological polar surface area (TPSA) is 73.6 Å². The molecular weight excluding hydrogens is 292 g/mol. The lowest BCUT2D eigenvalue weighted by Crippen LogP contribution is -2.03. The zero-order chi connectivity index (χ0) is 15.4. The summed E-state index contributed by atoms with van der Waals surface area (Å²) >= 11 is 1.61. The molecule has 1 heterocycles. The number of rotatable bonds is 6. The highest BCUT2D eigenvalue weighted by atomic mass is 32.1. The minimum absolute atomic E-state index is 0.0399. The standard InChI is InChI=1S/C14H16N2O4S/c1-9-4-5-21-14(9)8-15-10-6-12(19-2)13(20-3)7-11(10)16(17)18/h4-7,15H,8H2,1-3H3. The molecule has 0 aliphatic rings. The molecule has 6 nitrogen and oxygen atoms in total. The lowest BCUT2D eigenvalue weighted by molar-refractivity contribution is -0.384. The first kappa shape index (κ1) is 15.1. The van der Waals surface area contributed by atoms with Gasteiger partial charge in [-0.15, -0.1) is 11.3 Å². The Bertz CT molecular complexity index is 654. The zero-order valence-corrected chi connectivity index (χ0v) is 12.8. The number of nitrogens with one attached hydrogen (secondary N) is 1. The summed E-state index contributed by atoms with van der Waals surface area (Å²) in [7, 11) is 2.95. The Morgan fingerprint density at radius 2 is 1.95 bits per heavy atom. The number of hydrogen-bond donors (Lipinski definition) is 1. The predicted molar refractivity (Wildman–Crippen MR) is 82.6 cm³/mol. The van der Waals surface area contributed by atoms with E-state index >= 15 is 0 Å². The highest BCUT2D eigenvalue weighted by Gasteiger charge is 2.19. The van der Waals surface area contributed by atoms with Crippen molar-refractivity contribution in [2.45, 2.75) is 13.5 Å². The fourth-order valence-corrected chi connectivity index (χ4v) is 2.77. The average Bonchev–Trinajstić information content (AvgIpc) is 2.89. The number of methoxy groups -OCH3 is 2. The Kier molecular flexibility index (Phi) is 4.64. The molecule has 0 saturated heterocycles. The molecule has 0 spiro atoms. The molecule has 0 aliphatic heterocycles. The minimum atomic E-state index is -0.439. The van der Waals surface area contributed by atoms with E-state index < -0.39 is 4.92 Å².